The van der Waals surface area contributed by atoms with Gasteiger partial charge in [0.25, 0.3) is 11.8 Å². The van der Waals surface area contributed by atoms with Crippen LogP contribution in [-0.2, 0) is 4.79 Å². The van der Waals surface area contributed by atoms with Crippen molar-refractivity contribution in [3.63, 3.8) is 0 Å². The van der Waals surface area contributed by atoms with Gasteiger partial charge in [0.05, 0.1) is 22.3 Å². The second kappa shape index (κ2) is 8.56. The lowest BCUT2D eigenvalue weighted by Crippen LogP contribution is -2.50. The molecule has 3 amide bonds. The summed E-state index contributed by atoms with van der Waals surface area (Å²) >= 11 is 0. The fourth-order valence-electron chi connectivity index (χ4n) is 4.58. The lowest BCUT2D eigenvalue weighted by molar-refractivity contribution is -0.120. The van der Waals surface area contributed by atoms with Crippen LogP contribution >= 0.6 is 0 Å². The smallest absolute Gasteiger partial charge is 0.262 e. The summed E-state index contributed by atoms with van der Waals surface area (Å²) in [4.78, 5) is 46.0. The van der Waals surface area contributed by atoms with Gasteiger partial charge in [0.15, 0.2) is 0 Å². The van der Waals surface area contributed by atoms with E-state index >= 15 is 0 Å². The molecule has 3 aromatic carbocycles. The molecule has 0 radical (unpaired) electrons. The number of carbonyl (C=O) groups is 3. The molecule has 0 bridgehead atoms. The molecule has 168 valence electrons. The third kappa shape index (κ3) is 3.63. The van der Waals surface area contributed by atoms with Gasteiger partial charge in [-0.2, -0.15) is 0 Å². The van der Waals surface area contributed by atoms with Crippen molar-refractivity contribution < 1.29 is 14.4 Å². The van der Waals surface area contributed by atoms with Gasteiger partial charge >= 0.3 is 0 Å². The number of aromatic nitrogens is 1. The highest BCUT2D eigenvalue weighted by Crippen LogP contribution is 2.32. The Labute approximate surface area is 197 Å². The molecule has 1 aromatic heterocycles. The van der Waals surface area contributed by atoms with Gasteiger partial charge < -0.3 is 5.32 Å². The van der Waals surface area contributed by atoms with Crippen molar-refractivity contribution in [1.29, 1.82) is 0 Å². The number of anilines is 1. The highest BCUT2D eigenvalue weighted by Gasteiger charge is 2.45. The summed E-state index contributed by atoms with van der Waals surface area (Å²) in [5.74, 6) is -1.81. The van der Waals surface area contributed by atoms with E-state index in [4.69, 9.17) is 0 Å². The Bertz CT molecular complexity index is 1410. The molecular formula is C28H23N3O3. The van der Waals surface area contributed by atoms with Gasteiger partial charge in [-0.3, -0.25) is 24.3 Å². The second-order valence-corrected chi connectivity index (χ2v) is 8.54. The van der Waals surface area contributed by atoms with E-state index in [2.05, 4.69) is 10.3 Å². The normalized spacial score (nSPS) is 14.7. The van der Waals surface area contributed by atoms with E-state index in [0.717, 1.165) is 21.4 Å². The predicted octanol–water partition coefficient (Wildman–Crippen LogP) is 4.95. The molecule has 1 aliphatic rings. The summed E-state index contributed by atoms with van der Waals surface area (Å²) in [7, 11) is 0. The third-order valence-electron chi connectivity index (χ3n) is 6.30. The average molecular weight is 450 g/mol. The van der Waals surface area contributed by atoms with Crippen molar-refractivity contribution in [2.24, 2.45) is 0 Å². The Balaban J connectivity index is 1.58. The maximum absolute atomic E-state index is 13.8. The van der Waals surface area contributed by atoms with E-state index in [1.165, 1.54) is 0 Å². The van der Waals surface area contributed by atoms with Crippen LogP contribution in [-0.4, -0.2) is 33.6 Å². The lowest BCUT2D eigenvalue weighted by atomic mass is 9.90. The summed E-state index contributed by atoms with van der Waals surface area (Å²) in [5, 5.41) is 3.83. The number of imide groups is 1. The minimum absolute atomic E-state index is 0.313. The summed E-state index contributed by atoms with van der Waals surface area (Å²) in [5.41, 5.74) is 3.70. The van der Waals surface area contributed by atoms with E-state index < -0.39 is 29.7 Å². The number of fused-ring (bicyclic) bond motifs is 2. The summed E-state index contributed by atoms with van der Waals surface area (Å²) in [6.07, 6.45) is 1.66. The van der Waals surface area contributed by atoms with Crippen molar-refractivity contribution in [2.45, 2.75) is 25.8 Å². The molecule has 1 N–H and O–H groups in total. The Kier molecular flexibility index (Phi) is 5.42. The largest absolute Gasteiger partial charge is 0.322 e. The van der Waals surface area contributed by atoms with Crippen LogP contribution in [0.5, 0.6) is 0 Å². The Hall–Kier alpha value is -4.32. The van der Waals surface area contributed by atoms with Crippen LogP contribution in [0.2, 0.25) is 0 Å². The number of benzene rings is 3. The zero-order chi connectivity index (χ0) is 23.8. The van der Waals surface area contributed by atoms with Crippen LogP contribution in [0.25, 0.3) is 10.9 Å². The Morgan fingerprint density at radius 2 is 1.56 bits per heavy atom. The van der Waals surface area contributed by atoms with Gasteiger partial charge in [0, 0.05) is 17.5 Å². The van der Waals surface area contributed by atoms with Gasteiger partial charge in [-0.1, -0.05) is 67.1 Å². The molecule has 0 fully saturated rings. The van der Waals surface area contributed by atoms with Gasteiger partial charge in [-0.25, -0.2) is 0 Å². The summed E-state index contributed by atoms with van der Waals surface area (Å²) in [6, 6.07) is 22.6. The van der Waals surface area contributed by atoms with Gasteiger partial charge in [-0.15, -0.1) is 0 Å². The lowest BCUT2D eigenvalue weighted by Gasteiger charge is -2.31. The number of rotatable bonds is 5. The quantitative estimate of drug-likeness (QED) is 0.437. The number of pyridine rings is 1. The topological polar surface area (TPSA) is 79.4 Å². The molecule has 0 aliphatic carbocycles. The number of nitrogens with one attached hydrogen (secondary N) is 1. The minimum Gasteiger partial charge on any atom is -0.322 e. The zero-order valence-corrected chi connectivity index (χ0v) is 18.9. The van der Waals surface area contributed by atoms with E-state index in [1.54, 1.807) is 36.5 Å². The van der Waals surface area contributed by atoms with Crippen molar-refractivity contribution in [2.75, 3.05) is 5.32 Å². The van der Waals surface area contributed by atoms with Gasteiger partial charge in [-0.05, 0) is 36.8 Å². The maximum atomic E-state index is 13.8. The average Bonchev–Trinajstić information content (AvgIpc) is 3.10. The molecule has 4 aromatic rings. The van der Waals surface area contributed by atoms with E-state index in [0.29, 0.717) is 22.3 Å². The Morgan fingerprint density at radius 3 is 2.26 bits per heavy atom. The number of aryl methyl sites for hydroxylation is 1. The molecule has 2 unspecified atom stereocenters. The first kappa shape index (κ1) is 21.5. The molecular weight excluding hydrogens is 426 g/mol. The van der Waals surface area contributed by atoms with Crippen LogP contribution in [0.4, 0.5) is 5.69 Å². The standard InChI is InChI=1S/C28H23N3O3/c1-17-8-5-10-20(16-17)18(2)25(31-27(33)21-12-3-4-13-22(21)28(31)34)26(32)30-23-14-6-9-19-11-7-15-29-24(19)23/h3-16,18,25H,1-2H3,(H,30,32). The molecule has 2 heterocycles. The van der Waals surface area contributed by atoms with Crippen molar-refractivity contribution in [3.8, 4) is 0 Å². The van der Waals surface area contributed by atoms with Crippen LogP contribution < -0.4 is 5.32 Å². The first-order chi connectivity index (χ1) is 16.5. The number of hydrogen-bond acceptors (Lipinski definition) is 4. The summed E-state index contributed by atoms with van der Waals surface area (Å²) in [6.45, 7) is 3.83. The van der Waals surface area contributed by atoms with Crippen LogP contribution in [0.1, 0.15) is 44.7 Å². The van der Waals surface area contributed by atoms with Gasteiger partial charge in [0.2, 0.25) is 5.91 Å². The number of para-hydroxylation sites is 1. The molecule has 1 aliphatic heterocycles. The fraction of sp³-hybridized carbons (Fsp3) is 0.143. The SMILES string of the molecule is Cc1cccc(C(C)C(C(=O)Nc2cccc3cccnc23)N2C(=O)c3ccccc3C2=O)c1. The summed E-state index contributed by atoms with van der Waals surface area (Å²) < 4.78 is 0. The van der Waals surface area contributed by atoms with E-state index in [-0.39, 0.29) is 0 Å². The predicted molar refractivity (Wildman–Crippen MR) is 131 cm³/mol. The zero-order valence-electron chi connectivity index (χ0n) is 18.9. The number of carbonyl (C=O) groups excluding carboxylic acids is 3. The van der Waals surface area contributed by atoms with Crippen molar-refractivity contribution >= 4 is 34.3 Å². The van der Waals surface area contributed by atoms with E-state index in [1.807, 2.05) is 62.4 Å². The molecule has 0 saturated carbocycles. The monoisotopic (exact) mass is 449 g/mol. The number of hydrogen-bond donors (Lipinski definition) is 1. The molecule has 0 saturated heterocycles. The second-order valence-electron chi connectivity index (χ2n) is 8.54. The first-order valence-corrected chi connectivity index (χ1v) is 11.1. The molecule has 34 heavy (non-hydrogen) atoms. The van der Waals surface area contributed by atoms with Crippen molar-refractivity contribution in [1.82, 2.24) is 9.88 Å². The molecule has 6 heteroatoms. The number of nitrogens with zero attached hydrogens (tertiary/aromatic N) is 2. The van der Waals surface area contributed by atoms with Crippen LogP contribution in [0.3, 0.4) is 0 Å². The minimum atomic E-state index is -1.05. The molecule has 2 atom stereocenters. The van der Waals surface area contributed by atoms with Crippen molar-refractivity contribution in [3.05, 3.63) is 107 Å². The van der Waals surface area contributed by atoms with Gasteiger partial charge in [0.1, 0.15) is 6.04 Å². The molecule has 6 nitrogen and oxygen atoms in total. The fourth-order valence-corrected chi connectivity index (χ4v) is 4.58. The van der Waals surface area contributed by atoms with Crippen LogP contribution in [0, 0.1) is 6.92 Å². The molecule has 5 rings (SSSR count). The third-order valence-corrected chi connectivity index (χ3v) is 6.30. The Morgan fingerprint density at radius 1 is 0.882 bits per heavy atom. The van der Waals surface area contributed by atoms with E-state index in [9.17, 15) is 14.4 Å². The highest BCUT2D eigenvalue weighted by molar-refractivity contribution is 6.23. The number of amides is 3. The highest BCUT2D eigenvalue weighted by atomic mass is 16.2. The molecule has 0 spiro atoms. The first-order valence-electron chi connectivity index (χ1n) is 11.1. The maximum Gasteiger partial charge on any atom is 0.262 e. The van der Waals surface area contributed by atoms with Crippen LogP contribution in [0.15, 0.2) is 85.1 Å².